The lowest BCUT2D eigenvalue weighted by atomic mass is 9.69. The van der Waals surface area contributed by atoms with Crippen LogP contribution < -0.4 is 11.1 Å². The molecule has 0 bridgehead atoms. The largest absolute Gasteiger partial charge is 0.384 e. The summed E-state index contributed by atoms with van der Waals surface area (Å²) < 4.78 is 0. The number of hydrogen-bond donors (Lipinski definition) is 2. The number of rotatable bonds is 2. The highest BCUT2D eigenvalue weighted by Crippen LogP contribution is 2.45. The van der Waals surface area contributed by atoms with E-state index in [0.29, 0.717) is 23.4 Å². The van der Waals surface area contributed by atoms with Crippen LogP contribution in [0.2, 0.25) is 0 Å². The maximum atomic E-state index is 13.0. The maximum absolute atomic E-state index is 13.0. The Morgan fingerprint density at radius 3 is 2.32 bits per heavy atom. The Bertz CT molecular complexity index is 1040. The fourth-order valence-electron chi connectivity index (χ4n) is 4.27. The molecule has 140 valence electrons. The average Bonchev–Trinajstić information content (AvgIpc) is 2.67. The van der Waals surface area contributed by atoms with E-state index in [1.165, 1.54) is 0 Å². The third-order valence-electron chi connectivity index (χ3n) is 5.54. The minimum Gasteiger partial charge on any atom is -0.384 e. The summed E-state index contributed by atoms with van der Waals surface area (Å²) in [5, 5.41) is 12.9. The second kappa shape index (κ2) is 6.69. The molecule has 1 atom stereocenters. The van der Waals surface area contributed by atoms with E-state index in [2.05, 4.69) is 37.4 Å². The van der Waals surface area contributed by atoms with Crippen molar-refractivity contribution in [2.75, 3.05) is 0 Å². The maximum Gasteiger partial charge on any atom is 0.162 e. The van der Waals surface area contributed by atoms with Gasteiger partial charge in [0, 0.05) is 17.7 Å². The van der Waals surface area contributed by atoms with Gasteiger partial charge in [-0.15, -0.1) is 0 Å². The van der Waals surface area contributed by atoms with Gasteiger partial charge in [0.2, 0.25) is 0 Å². The molecule has 1 aliphatic carbocycles. The number of carbonyl (C=O) groups is 1. The van der Waals surface area contributed by atoms with E-state index in [9.17, 15) is 10.1 Å². The molecular formula is C24H23N3O. The van der Waals surface area contributed by atoms with Gasteiger partial charge in [0.25, 0.3) is 0 Å². The molecule has 0 spiro atoms. The predicted molar refractivity (Wildman–Crippen MR) is 110 cm³/mol. The molecule has 0 fully saturated rings. The number of hydrogen-bond acceptors (Lipinski definition) is 4. The summed E-state index contributed by atoms with van der Waals surface area (Å²) in [6.07, 6.45) is 1.22. The van der Waals surface area contributed by atoms with Crippen LogP contribution in [0.5, 0.6) is 0 Å². The number of carbonyl (C=O) groups excluding carboxylic acids is 1. The average molecular weight is 369 g/mol. The smallest absolute Gasteiger partial charge is 0.162 e. The monoisotopic (exact) mass is 369 g/mol. The molecule has 1 unspecified atom stereocenters. The Morgan fingerprint density at radius 2 is 1.68 bits per heavy atom. The van der Waals surface area contributed by atoms with Gasteiger partial charge >= 0.3 is 0 Å². The van der Waals surface area contributed by atoms with Crippen LogP contribution in [-0.2, 0) is 4.79 Å². The Balaban J connectivity index is 1.79. The summed E-state index contributed by atoms with van der Waals surface area (Å²) >= 11 is 0. The van der Waals surface area contributed by atoms with Crippen molar-refractivity contribution in [1.82, 2.24) is 5.32 Å². The number of nitrogens with zero attached hydrogens (tertiary/aromatic N) is 1. The molecule has 0 saturated heterocycles. The second-order valence-corrected chi connectivity index (χ2v) is 8.32. The quantitative estimate of drug-likeness (QED) is 0.823. The van der Waals surface area contributed by atoms with Gasteiger partial charge in [-0.05, 0) is 28.5 Å². The molecule has 0 aromatic heterocycles. The van der Waals surface area contributed by atoms with E-state index in [1.807, 2.05) is 42.5 Å². The van der Waals surface area contributed by atoms with Crippen LogP contribution in [0.25, 0.3) is 11.1 Å². The molecule has 0 amide bonds. The van der Waals surface area contributed by atoms with E-state index < -0.39 is 5.92 Å². The highest BCUT2D eigenvalue weighted by Gasteiger charge is 2.41. The van der Waals surface area contributed by atoms with E-state index in [0.717, 1.165) is 28.8 Å². The molecule has 2 aromatic carbocycles. The zero-order chi connectivity index (χ0) is 19.9. The Labute approximate surface area is 165 Å². The highest BCUT2D eigenvalue weighted by atomic mass is 16.1. The lowest BCUT2D eigenvalue weighted by Crippen LogP contribution is -2.39. The highest BCUT2D eigenvalue weighted by molar-refractivity contribution is 6.00. The molecular weight excluding hydrogens is 346 g/mol. The summed E-state index contributed by atoms with van der Waals surface area (Å²) in [4.78, 5) is 13.0. The molecule has 2 aliphatic rings. The topological polar surface area (TPSA) is 78.9 Å². The van der Waals surface area contributed by atoms with Crippen LogP contribution in [0.15, 0.2) is 77.3 Å². The number of benzene rings is 2. The van der Waals surface area contributed by atoms with Crippen molar-refractivity contribution < 1.29 is 4.79 Å². The van der Waals surface area contributed by atoms with Gasteiger partial charge in [-0.3, -0.25) is 4.79 Å². The van der Waals surface area contributed by atoms with Crippen molar-refractivity contribution in [3.05, 3.63) is 82.8 Å². The van der Waals surface area contributed by atoms with Crippen LogP contribution in [0, 0.1) is 16.7 Å². The van der Waals surface area contributed by atoms with Crippen LogP contribution in [0.4, 0.5) is 0 Å². The van der Waals surface area contributed by atoms with E-state index in [-0.39, 0.29) is 11.2 Å². The third kappa shape index (κ3) is 3.10. The standard InChI is InChI=1S/C24H23N3O/c1-24(2)12-19-22(20(28)13-24)21(18(14-25)23(26)27-19)17-10-8-16(9-11-17)15-6-4-3-5-7-15/h3-11,21,27H,12-13,26H2,1-2H3. The van der Waals surface area contributed by atoms with Crippen LogP contribution in [0.3, 0.4) is 0 Å². The van der Waals surface area contributed by atoms with Gasteiger partial charge in [-0.1, -0.05) is 68.4 Å². The number of nitriles is 1. The van der Waals surface area contributed by atoms with Gasteiger partial charge < -0.3 is 11.1 Å². The SMILES string of the molecule is CC1(C)CC(=O)C2=C(C1)NC(N)=C(C#N)C2c1ccc(-c2ccccc2)cc1. The first kappa shape index (κ1) is 18.1. The fraction of sp³-hybridized carbons (Fsp3) is 0.250. The molecule has 1 aliphatic heterocycles. The molecule has 4 heteroatoms. The summed E-state index contributed by atoms with van der Waals surface area (Å²) in [6.45, 7) is 4.17. The second-order valence-electron chi connectivity index (χ2n) is 8.32. The van der Waals surface area contributed by atoms with Crippen molar-refractivity contribution in [2.24, 2.45) is 11.1 Å². The van der Waals surface area contributed by atoms with Gasteiger partial charge in [0.15, 0.2) is 5.78 Å². The van der Waals surface area contributed by atoms with Gasteiger partial charge in [0.05, 0.1) is 17.6 Å². The van der Waals surface area contributed by atoms with Crippen molar-refractivity contribution in [3.63, 3.8) is 0 Å². The van der Waals surface area contributed by atoms with Crippen LogP contribution >= 0.6 is 0 Å². The molecule has 28 heavy (non-hydrogen) atoms. The lowest BCUT2D eigenvalue weighted by molar-refractivity contribution is -0.118. The summed E-state index contributed by atoms with van der Waals surface area (Å²) in [7, 11) is 0. The Hall–Kier alpha value is -3.32. The minimum atomic E-state index is -0.408. The van der Waals surface area contributed by atoms with Crippen LogP contribution in [0.1, 0.15) is 38.2 Å². The molecule has 0 saturated carbocycles. The van der Waals surface area contributed by atoms with Gasteiger partial charge in [0.1, 0.15) is 5.82 Å². The fourth-order valence-corrected chi connectivity index (χ4v) is 4.27. The first-order chi connectivity index (χ1) is 13.4. The summed E-state index contributed by atoms with van der Waals surface area (Å²) in [5.74, 6) is 0.0368. The first-order valence-electron chi connectivity index (χ1n) is 9.48. The first-order valence-corrected chi connectivity index (χ1v) is 9.48. The molecule has 4 nitrogen and oxygen atoms in total. The van der Waals surface area contributed by atoms with Crippen molar-refractivity contribution in [2.45, 2.75) is 32.6 Å². The molecule has 4 rings (SSSR count). The predicted octanol–water partition coefficient (Wildman–Crippen LogP) is 4.38. The van der Waals surface area contributed by atoms with Gasteiger partial charge in [-0.2, -0.15) is 5.26 Å². The number of dihydropyridines is 1. The van der Waals surface area contributed by atoms with Gasteiger partial charge in [-0.25, -0.2) is 0 Å². The Kier molecular flexibility index (Phi) is 4.31. The lowest BCUT2D eigenvalue weighted by Gasteiger charge is -2.38. The molecule has 1 heterocycles. The summed E-state index contributed by atoms with van der Waals surface area (Å²) in [6, 6.07) is 20.4. The molecule has 3 N–H and O–H groups in total. The number of nitrogens with one attached hydrogen (secondary N) is 1. The third-order valence-corrected chi connectivity index (χ3v) is 5.54. The van der Waals surface area contributed by atoms with E-state index >= 15 is 0 Å². The minimum absolute atomic E-state index is 0.0936. The summed E-state index contributed by atoms with van der Waals surface area (Å²) in [5.41, 5.74) is 11.2. The Morgan fingerprint density at radius 1 is 1.04 bits per heavy atom. The van der Waals surface area contributed by atoms with Crippen LogP contribution in [-0.4, -0.2) is 5.78 Å². The zero-order valence-electron chi connectivity index (χ0n) is 16.1. The molecule has 2 aromatic rings. The van der Waals surface area contributed by atoms with Crippen molar-refractivity contribution in [3.8, 4) is 17.2 Å². The van der Waals surface area contributed by atoms with Crippen molar-refractivity contribution in [1.29, 1.82) is 5.26 Å². The number of nitrogens with two attached hydrogens (primary N) is 1. The number of allylic oxidation sites excluding steroid dienone is 3. The van der Waals surface area contributed by atoms with E-state index in [4.69, 9.17) is 5.73 Å². The number of ketones is 1. The van der Waals surface area contributed by atoms with Crippen molar-refractivity contribution >= 4 is 5.78 Å². The molecule has 0 radical (unpaired) electrons. The van der Waals surface area contributed by atoms with E-state index in [1.54, 1.807) is 0 Å². The normalized spacial score (nSPS) is 21.0. The number of Topliss-reactive ketones (excluding diaryl/α,β-unsaturated/α-hetero) is 1. The zero-order valence-corrected chi connectivity index (χ0v) is 16.1.